The molecule has 0 aliphatic heterocycles. The Balaban J connectivity index is 1.85. The molecule has 0 spiro atoms. The molecule has 106 valence electrons. The monoisotopic (exact) mass is 343 g/mol. The highest BCUT2D eigenvalue weighted by atomic mass is 79.9. The molecule has 0 heterocycles. The highest BCUT2D eigenvalue weighted by molar-refractivity contribution is 9.10. The Morgan fingerprint density at radius 3 is 2.47 bits per heavy atom. The lowest BCUT2D eigenvalue weighted by Crippen LogP contribution is -2.47. The molecule has 0 amide bonds. The SMILES string of the molecule is C[C@H](C[S@](C)=O)N(C)C1CC(c2ccc(Br)cc2)C1. The molecule has 2 rings (SSSR count). The van der Waals surface area contributed by atoms with Crippen LogP contribution in [0.4, 0.5) is 0 Å². The van der Waals surface area contributed by atoms with Gasteiger partial charge in [-0.25, -0.2) is 0 Å². The van der Waals surface area contributed by atoms with Crippen molar-refractivity contribution in [2.24, 2.45) is 0 Å². The minimum Gasteiger partial charge on any atom is -0.300 e. The summed E-state index contributed by atoms with van der Waals surface area (Å²) in [6.07, 6.45) is 4.23. The maximum Gasteiger partial charge on any atom is 0.0385 e. The van der Waals surface area contributed by atoms with Crippen molar-refractivity contribution in [1.29, 1.82) is 0 Å². The molecule has 0 bridgehead atoms. The molecule has 1 saturated carbocycles. The smallest absolute Gasteiger partial charge is 0.0385 e. The lowest BCUT2D eigenvalue weighted by atomic mass is 9.75. The first-order valence-electron chi connectivity index (χ1n) is 6.74. The van der Waals surface area contributed by atoms with Gasteiger partial charge in [0.1, 0.15) is 0 Å². The first kappa shape index (κ1) is 15.2. The van der Waals surface area contributed by atoms with Gasteiger partial charge in [0, 0.05) is 39.4 Å². The summed E-state index contributed by atoms with van der Waals surface area (Å²) in [5, 5.41) is 0. The van der Waals surface area contributed by atoms with E-state index in [4.69, 9.17) is 0 Å². The fraction of sp³-hybridized carbons (Fsp3) is 0.600. The number of rotatable bonds is 5. The molecular weight excluding hydrogens is 322 g/mol. The van der Waals surface area contributed by atoms with E-state index in [-0.39, 0.29) is 0 Å². The standard InChI is InChI=1S/C15H22BrNOS/c1-11(10-19(3)18)17(2)15-8-13(9-15)12-4-6-14(16)7-5-12/h4-7,11,13,15H,8-10H2,1-3H3/t11-,13?,15?,19+/m1/s1. The molecule has 2 nitrogen and oxygen atoms in total. The van der Waals surface area contributed by atoms with Crippen molar-refractivity contribution in [3.05, 3.63) is 34.3 Å². The number of hydrogen-bond donors (Lipinski definition) is 0. The highest BCUT2D eigenvalue weighted by Gasteiger charge is 2.34. The van der Waals surface area contributed by atoms with Crippen LogP contribution in [0.3, 0.4) is 0 Å². The summed E-state index contributed by atoms with van der Waals surface area (Å²) in [7, 11) is 1.46. The molecule has 1 aromatic rings. The van der Waals surface area contributed by atoms with E-state index in [1.165, 1.54) is 18.4 Å². The number of hydrogen-bond acceptors (Lipinski definition) is 2. The topological polar surface area (TPSA) is 20.3 Å². The first-order valence-corrected chi connectivity index (χ1v) is 9.26. The molecular formula is C15H22BrNOS. The minimum atomic E-state index is -0.705. The summed E-state index contributed by atoms with van der Waals surface area (Å²) < 4.78 is 12.4. The molecule has 1 aromatic carbocycles. The van der Waals surface area contributed by atoms with Gasteiger partial charge in [-0.1, -0.05) is 28.1 Å². The van der Waals surface area contributed by atoms with Crippen molar-refractivity contribution in [2.45, 2.75) is 37.8 Å². The summed E-state index contributed by atoms with van der Waals surface area (Å²) in [4.78, 5) is 2.40. The Hall–Kier alpha value is -0.190. The zero-order chi connectivity index (χ0) is 14.0. The van der Waals surface area contributed by atoms with E-state index in [0.29, 0.717) is 18.0 Å². The van der Waals surface area contributed by atoms with Crippen molar-refractivity contribution < 1.29 is 4.21 Å². The molecule has 2 atom stereocenters. The highest BCUT2D eigenvalue weighted by Crippen LogP contribution is 2.40. The van der Waals surface area contributed by atoms with Crippen LogP contribution in [0.1, 0.15) is 31.2 Å². The normalized spacial score (nSPS) is 25.9. The van der Waals surface area contributed by atoms with E-state index in [2.05, 4.69) is 59.1 Å². The van der Waals surface area contributed by atoms with Crippen LogP contribution in [-0.2, 0) is 10.8 Å². The number of benzene rings is 1. The summed E-state index contributed by atoms with van der Waals surface area (Å²) in [6, 6.07) is 9.73. The lowest BCUT2D eigenvalue weighted by molar-refractivity contribution is 0.109. The summed E-state index contributed by atoms with van der Waals surface area (Å²) in [6.45, 7) is 2.17. The lowest BCUT2D eigenvalue weighted by Gasteiger charge is -2.44. The van der Waals surface area contributed by atoms with Gasteiger partial charge in [-0.05, 0) is 50.4 Å². The average molecular weight is 344 g/mol. The second-order valence-electron chi connectivity index (χ2n) is 5.63. The van der Waals surface area contributed by atoms with Gasteiger partial charge < -0.3 is 0 Å². The molecule has 0 unspecified atom stereocenters. The minimum absolute atomic E-state index is 0.404. The van der Waals surface area contributed by atoms with Gasteiger partial charge in [-0.2, -0.15) is 0 Å². The van der Waals surface area contributed by atoms with Gasteiger partial charge in [0.05, 0.1) is 0 Å². The van der Waals surface area contributed by atoms with Gasteiger partial charge in [-0.3, -0.25) is 9.11 Å². The quantitative estimate of drug-likeness (QED) is 0.816. The van der Waals surface area contributed by atoms with Crippen molar-refractivity contribution in [2.75, 3.05) is 19.1 Å². The molecule has 1 fully saturated rings. The molecule has 0 radical (unpaired) electrons. The van der Waals surface area contributed by atoms with Crippen LogP contribution in [0.15, 0.2) is 28.7 Å². The Morgan fingerprint density at radius 1 is 1.37 bits per heavy atom. The molecule has 1 aliphatic carbocycles. The van der Waals surface area contributed by atoms with Crippen molar-refractivity contribution >= 4 is 26.7 Å². The predicted molar refractivity (Wildman–Crippen MR) is 86.1 cm³/mol. The number of nitrogens with zero attached hydrogens (tertiary/aromatic N) is 1. The molecule has 0 saturated heterocycles. The van der Waals surface area contributed by atoms with Gasteiger partial charge in [-0.15, -0.1) is 0 Å². The Bertz CT molecular complexity index is 442. The van der Waals surface area contributed by atoms with Gasteiger partial charge in [0.2, 0.25) is 0 Å². The molecule has 19 heavy (non-hydrogen) atoms. The van der Waals surface area contributed by atoms with Crippen molar-refractivity contribution in [3.8, 4) is 0 Å². The fourth-order valence-corrected chi connectivity index (χ4v) is 3.92. The first-order chi connectivity index (χ1) is 8.97. The van der Waals surface area contributed by atoms with Crippen LogP contribution in [0, 0.1) is 0 Å². The van der Waals surface area contributed by atoms with Crippen molar-refractivity contribution in [3.63, 3.8) is 0 Å². The van der Waals surface area contributed by atoms with E-state index in [1.54, 1.807) is 6.26 Å². The Labute approximate surface area is 127 Å². The second-order valence-corrected chi connectivity index (χ2v) is 8.02. The predicted octanol–water partition coefficient (Wildman–Crippen LogP) is 3.39. The summed E-state index contributed by atoms with van der Waals surface area (Å²) >= 11 is 3.47. The third-order valence-corrected chi connectivity index (χ3v) is 5.68. The molecule has 4 heteroatoms. The van der Waals surface area contributed by atoms with E-state index >= 15 is 0 Å². The zero-order valence-electron chi connectivity index (χ0n) is 11.8. The zero-order valence-corrected chi connectivity index (χ0v) is 14.2. The second kappa shape index (κ2) is 6.51. The molecule has 0 aromatic heterocycles. The van der Waals surface area contributed by atoms with E-state index in [9.17, 15) is 4.21 Å². The van der Waals surface area contributed by atoms with E-state index < -0.39 is 10.8 Å². The third kappa shape index (κ3) is 3.89. The fourth-order valence-electron chi connectivity index (χ4n) is 2.74. The summed E-state index contributed by atoms with van der Waals surface area (Å²) in [5.74, 6) is 1.47. The molecule has 0 N–H and O–H groups in total. The van der Waals surface area contributed by atoms with E-state index in [1.807, 2.05) is 0 Å². The Morgan fingerprint density at radius 2 is 1.95 bits per heavy atom. The van der Waals surface area contributed by atoms with Crippen LogP contribution in [-0.4, -0.2) is 40.2 Å². The average Bonchev–Trinajstić information content (AvgIpc) is 2.28. The summed E-state index contributed by atoms with van der Waals surface area (Å²) in [5.41, 5.74) is 1.44. The van der Waals surface area contributed by atoms with Crippen molar-refractivity contribution in [1.82, 2.24) is 4.90 Å². The molecule has 1 aliphatic rings. The van der Waals surface area contributed by atoms with E-state index in [0.717, 1.165) is 10.2 Å². The van der Waals surface area contributed by atoms with Gasteiger partial charge in [0.15, 0.2) is 0 Å². The Kier molecular flexibility index (Phi) is 5.21. The van der Waals surface area contributed by atoms with Crippen LogP contribution < -0.4 is 0 Å². The van der Waals surface area contributed by atoms with Gasteiger partial charge >= 0.3 is 0 Å². The largest absolute Gasteiger partial charge is 0.300 e. The van der Waals surface area contributed by atoms with Crippen LogP contribution in [0.25, 0.3) is 0 Å². The van der Waals surface area contributed by atoms with Crippen LogP contribution in [0.2, 0.25) is 0 Å². The van der Waals surface area contributed by atoms with Crippen LogP contribution >= 0.6 is 15.9 Å². The maximum atomic E-state index is 11.3. The maximum absolute atomic E-state index is 11.3. The third-order valence-electron chi connectivity index (χ3n) is 4.20. The van der Waals surface area contributed by atoms with Crippen LogP contribution in [0.5, 0.6) is 0 Å². The number of halogens is 1. The van der Waals surface area contributed by atoms with Gasteiger partial charge in [0.25, 0.3) is 0 Å².